The smallest absolute Gasteiger partial charge is 0.241 e. The van der Waals surface area contributed by atoms with Gasteiger partial charge >= 0.3 is 0 Å². The number of fused-ring (bicyclic) bond motifs is 2. The zero-order chi connectivity index (χ0) is 19.2. The average molecular weight is 385 g/mol. The van der Waals surface area contributed by atoms with Crippen molar-refractivity contribution in [3.63, 3.8) is 0 Å². The van der Waals surface area contributed by atoms with Crippen molar-refractivity contribution in [3.05, 3.63) is 58.7 Å². The van der Waals surface area contributed by atoms with Gasteiger partial charge in [0.25, 0.3) is 0 Å². The van der Waals surface area contributed by atoms with Crippen molar-refractivity contribution in [2.24, 2.45) is 0 Å². The Labute approximate surface area is 160 Å². The Morgan fingerprint density at radius 3 is 2.59 bits per heavy atom. The lowest BCUT2D eigenvalue weighted by molar-refractivity contribution is -0.116. The Balaban J connectivity index is 1.58. The van der Waals surface area contributed by atoms with Gasteiger partial charge in [-0.15, -0.1) is 0 Å². The molecule has 2 N–H and O–H groups in total. The first-order valence-corrected chi connectivity index (χ1v) is 10.9. The summed E-state index contributed by atoms with van der Waals surface area (Å²) < 4.78 is 28.5. The van der Waals surface area contributed by atoms with Crippen molar-refractivity contribution < 1.29 is 13.2 Å². The summed E-state index contributed by atoms with van der Waals surface area (Å²) in [5.41, 5.74) is 5.11. The molecule has 5 nitrogen and oxygen atoms in total. The second-order valence-electron chi connectivity index (χ2n) is 7.54. The van der Waals surface area contributed by atoms with E-state index in [0.29, 0.717) is 5.69 Å². The Morgan fingerprint density at radius 1 is 1.07 bits per heavy atom. The normalized spacial score (nSPS) is 19.9. The van der Waals surface area contributed by atoms with Gasteiger partial charge in [0.1, 0.15) is 0 Å². The monoisotopic (exact) mass is 384 g/mol. The minimum Gasteiger partial charge on any atom is -0.325 e. The SMILES string of the molecule is C[C@H](NS(=O)(=O)c1ccc2c(c1)[C@H](C)C(=O)N2)c1ccc2c(c1)CCCC2. The molecule has 2 aromatic carbocycles. The predicted molar refractivity (Wildman–Crippen MR) is 105 cm³/mol. The van der Waals surface area contributed by atoms with Crippen LogP contribution < -0.4 is 10.0 Å². The molecule has 0 radical (unpaired) electrons. The molecule has 1 heterocycles. The first kappa shape index (κ1) is 18.2. The van der Waals surface area contributed by atoms with Crippen LogP contribution in [0.25, 0.3) is 0 Å². The van der Waals surface area contributed by atoms with E-state index in [0.717, 1.165) is 24.0 Å². The number of sulfonamides is 1. The Morgan fingerprint density at radius 2 is 1.81 bits per heavy atom. The second kappa shape index (κ2) is 6.77. The largest absolute Gasteiger partial charge is 0.325 e. The van der Waals surface area contributed by atoms with Gasteiger partial charge in [-0.3, -0.25) is 4.79 Å². The van der Waals surface area contributed by atoms with Crippen LogP contribution in [-0.2, 0) is 27.7 Å². The van der Waals surface area contributed by atoms with Crippen LogP contribution >= 0.6 is 0 Å². The van der Waals surface area contributed by atoms with Crippen molar-refractivity contribution >= 4 is 21.6 Å². The molecule has 4 rings (SSSR count). The van der Waals surface area contributed by atoms with Crippen LogP contribution in [0.4, 0.5) is 5.69 Å². The number of aryl methyl sites for hydroxylation is 2. The molecule has 2 aliphatic rings. The summed E-state index contributed by atoms with van der Waals surface area (Å²) in [7, 11) is -3.68. The van der Waals surface area contributed by atoms with Crippen LogP contribution in [0.15, 0.2) is 41.3 Å². The minimum atomic E-state index is -3.68. The molecule has 1 aliphatic carbocycles. The highest BCUT2D eigenvalue weighted by molar-refractivity contribution is 7.89. The van der Waals surface area contributed by atoms with Crippen molar-refractivity contribution in [2.75, 3.05) is 5.32 Å². The van der Waals surface area contributed by atoms with E-state index >= 15 is 0 Å². The Hall–Kier alpha value is -2.18. The molecule has 0 aromatic heterocycles. The van der Waals surface area contributed by atoms with E-state index in [4.69, 9.17) is 0 Å². The average Bonchev–Trinajstić information content (AvgIpc) is 2.94. The molecule has 0 fully saturated rings. The fourth-order valence-electron chi connectivity index (χ4n) is 3.95. The molecule has 0 saturated heterocycles. The number of nitrogens with one attached hydrogen (secondary N) is 2. The van der Waals surface area contributed by atoms with Crippen molar-refractivity contribution in [1.82, 2.24) is 4.72 Å². The van der Waals surface area contributed by atoms with Gasteiger partial charge in [-0.25, -0.2) is 13.1 Å². The van der Waals surface area contributed by atoms with Gasteiger partial charge in [0, 0.05) is 11.7 Å². The molecule has 0 unspecified atom stereocenters. The summed E-state index contributed by atoms with van der Waals surface area (Å²) in [6.07, 6.45) is 4.58. The molecule has 0 saturated carbocycles. The first-order valence-electron chi connectivity index (χ1n) is 9.44. The van der Waals surface area contributed by atoms with Crippen LogP contribution in [-0.4, -0.2) is 14.3 Å². The van der Waals surface area contributed by atoms with Gasteiger partial charge < -0.3 is 5.32 Å². The van der Waals surface area contributed by atoms with Crippen molar-refractivity contribution in [3.8, 4) is 0 Å². The quantitative estimate of drug-likeness (QED) is 0.845. The lowest BCUT2D eigenvalue weighted by atomic mass is 9.89. The second-order valence-corrected chi connectivity index (χ2v) is 9.25. The van der Waals surface area contributed by atoms with E-state index < -0.39 is 10.0 Å². The van der Waals surface area contributed by atoms with Crippen LogP contribution in [0.2, 0.25) is 0 Å². The highest BCUT2D eigenvalue weighted by atomic mass is 32.2. The molecule has 1 aliphatic heterocycles. The lowest BCUT2D eigenvalue weighted by Gasteiger charge is -2.20. The molecule has 2 atom stereocenters. The number of carbonyl (C=O) groups is 1. The number of rotatable bonds is 4. The lowest BCUT2D eigenvalue weighted by Crippen LogP contribution is -2.27. The summed E-state index contributed by atoms with van der Waals surface area (Å²) in [5.74, 6) is -0.442. The fourth-order valence-corrected chi connectivity index (χ4v) is 5.22. The summed E-state index contributed by atoms with van der Waals surface area (Å²) in [4.78, 5) is 12.0. The van der Waals surface area contributed by atoms with E-state index in [-0.39, 0.29) is 22.8 Å². The predicted octanol–water partition coefficient (Wildman–Crippen LogP) is 3.66. The summed E-state index contributed by atoms with van der Waals surface area (Å²) in [5, 5.41) is 2.77. The van der Waals surface area contributed by atoms with Gasteiger partial charge in [-0.1, -0.05) is 18.2 Å². The number of amides is 1. The van der Waals surface area contributed by atoms with E-state index in [1.54, 1.807) is 25.1 Å². The van der Waals surface area contributed by atoms with Gasteiger partial charge in [0.05, 0.1) is 10.8 Å². The summed E-state index contributed by atoms with van der Waals surface area (Å²) in [6.45, 7) is 3.64. The Kier molecular flexibility index (Phi) is 4.56. The first-order chi connectivity index (χ1) is 12.8. The molecule has 0 spiro atoms. The number of hydrogen-bond donors (Lipinski definition) is 2. The zero-order valence-corrected chi connectivity index (χ0v) is 16.4. The maximum absolute atomic E-state index is 12.9. The molecule has 0 bridgehead atoms. The molecular weight excluding hydrogens is 360 g/mol. The summed E-state index contributed by atoms with van der Waals surface area (Å²) in [6, 6.07) is 10.8. The van der Waals surface area contributed by atoms with Crippen molar-refractivity contribution in [1.29, 1.82) is 0 Å². The van der Waals surface area contributed by atoms with Crippen LogP contribution in [0.3, 0.4) is 0 Å². The third-order valence-electron chi connectivity index (χ3n) is 5.66. The number of benzene rings is 2. The zero-order valence-electron chi connectivity index (χ0n) is 15.6. The number of carbonyl (C=O) groups excluding carboxylic acids is 1. The van der Waals surface area contributed by atoms with E-state index in [1.807, 2.05) is 13.0 Å². The van der Waals surface area contributed by atoms with Crippen LogP contribution in [0.1, 0.15) is 60.9 Å². The molecule has 6 heteroatoms. The van der Waals surface area contributed by atoms with Crippen LogP contribution in [0.5, 0.6) is 0 Å². The van der Waals surface area contributed by atoms with Gasteiger partial charge in [-0.2, -0.15) is 0 Å². The van der Waals surface area contributed by atoms with Crippen LogP contribution in [0, 0.1) is 0 Å². The highest BCUT2D eigenvalue weighted by Crippen LogP contribution is 2.34. The molecule has 1 amide bonds. The Bertz CT molecular complexity index is 1010. The van der Waals surface area contributed by atoms with E-state index in [1.165, 1.54) is 24.0 Å². The fraction of sp³-hybridized carbons (Fsp3) is 0.381. The number of anilines is 1. The van der Waals surface area contributed by atoms with E-state index in [2.05, 4.69) is 22.2 Å². The number of hydrogen-bond acceptors (Lipinski definition) is 3. The topological polar surface area (TPSA) is 75.3 Å². The van der Waals surface area contributed by atoms with Gasteiger partial charge in [-0.05, 0) is 80.0 Å². The minimum absolute atomic E-state index is 0.102. The van der Waals surface area contributed by atoms with E-state index in [9.17, 15) is 13.2 Å². The third kappa shape index (κ3) is 3.39. The standard InChI is InChI=1S/C21H24N2O3S/c1-13-19-12-18(9-10-20(19)22-21(13)24)27(25,26)23-14(2)16-8-7-15-5-3-4-6-17(15)11-16/h7-14,23H,3-6H2,1-2H3,(H,22,24)/t13-,14-/m0/s1. The highest BCUT2D eigenvalue weighted by Gasteiger charge is 2.29. The molecular formula is C21H24N2O3S. The summed E-state index contributed by atoms with van der Waals surface area (Å²) >= 11 is 0. The maximum Gasteiger partial charge on any atom is 0.241 e. The third-order valence-corrected chi connectivity index (χ3v) is 7.19. The van der Waals surface area contributed by atoms with Crippen molar-refractivity contribution in [2.45, 2.75) is 56.4 Å². The molecule has 2 aromatic rings. The molecule has 27 heavy (non-hydrogen) atoms. The van der Waals surface area contributed by atoms with Gasteiger partial charge in [0.15, 0.2) is 0 Å². The maximum atomic E-state index is 12.9. The van der Waals surface area contributed by atoms with Gasteiger partial charge in [0.2, 0.25) is 15.9 Å². The molecule has 142 valence electrons.